The average molecular weight is 239 g/mol. The highest BCUT2D eigenvalue weighted by Gasteiger charge is 2.29. The Morgan fingerprint density at radius 3 is 2.53 bits per heavy atom. The zero-order valence-electron chi connectivity index (χ0n) is 10.4. The maximum atomic E-state index is 11.9. The molecule has 2 aliphatic rings. The van der Waals surface area contributed by atoms with Gasteiger partial charge in [-0.2, -0.15) is 0 Å². The Labute approximate surface area is 102 Å². The van der Waals surface area contributed by atoms with Crippen molar-refractivity contribution in [2.75, 3.05) is 26.2 Å². The third-order valence-corrected chi connectivity index (χ3v) is 3.78. The van der Waals surface area contributed by atoms with Crippen molar-refractivity contribution in [1.29, 1.82) is 0 Å². The van der Waals surface area contributed by atoms with Gasteiger partial charge in [0.05, 0.1) is 0 Å². The van der Waals surface area contributed by atoms with E-state index in [1.165, 1.54) is 0 Å². The minimum absolute atomic E-state index is 0.189. The lowest BCUT2D eigenvalue weighted by atomic mass is 10.1. The first-order chi connectivity index (χ1) is 8.18. The number of nitrogens with zero attached hydrogens (tertiary/aromatic N) is 1. The van der Waals surface area contributed by atoms with Gasteiger partial charge in [-0.1, -0.05) is 13.3 Å². The summed E-state index contributed by atoms with van der Waals surface area (Å²) in [6.45, 7) is 4.95. The second-order valence-electron chi connectivity index (χ2n) is 5.03. The molecular formula is C12H21N3O2. The molecule has 2 fully saturated rings. The summed E-state index contributed by atoms with van der Waals surface area (Å²) in [7, 11) is 0. The molecule has 0 radical (unpaired) electrons. The van der Waals surface area contributed by atoms with Crippen LogP contribution in [-0.2, 0) is 9.59 Å². The van der Waals surface area contributed by atoms with Gasteiger partial charge < -0.3 is 15.5 Å². The molecule has 0 bridgehead atoms. The van der Waals surface area contributed by atoms with Crippen LogP contribution in [0.3, 0.4) is 0 Å². The molecule has 2 rings (SSSR count). The fraction of sp³-hybridized carbons (Fsp3) is 0.833. The van der Waals surface area contributed by atoms with Crippen LogP contribution >= 0.6 is 0 Å². The van der Waals surface area contributed by atoms with Crippen LogP contribution in [0, 0.1) is 5.92 Å². The first-order valence-corrected chi connectivity index (χ1v) is 6.49. The summed E-state index contributed by atoms with van der Waals surface area (Å²) in [6.07, 6.45) is 3.29. The molecule has 5 heteroatoms. The van der Waals surface area contributed by atoms with E-state index in [4.69, 9.17) is 0 Å². The lowest BCUT2D eigenvalue weighted by Crippen LogP contribution is -2.52. The van der Waals surface area contributed by atoms with Crippen molar-refractivity contribution in [2.45, 2.75) is 32.2 Å². The molecule has 2 N–H and O–H groups in total. The highest BCUT2D eigenvalue weighted by Crippen LogP contribution is 2.24. The van der Waals surface area contributed by atoms with Gasteiger partial charge in [0, 0.05) is 32.2 Å². The van der Waals surface area contributed by atoms with E-state index in [1.807, 2.05) is 0 Å². The minimum Gasteiger partial charge on any atom is -0.345 e. The van der Waals surface area contributed by atoms with E-state index >= 15 is 0 Å². The smallest absolute Gasteiger partial charge is 0.311 e. The highest BCUT2D eigenvalue weighted by atomic mass is 16.2. The lowest BCUT2D eigenvalue weighted by Gasteiger charge is -2.27. The summed E-state index contributed by atoms with van der Waals surface area (Å²) >= 11 is 0. The Balaban J connectivity index is 1.84. The monoisotopic (exact) mass is 239 g/mol. The third-order valence-electron chi connectivity index (χ3n) is 3.78. The summed E-state index contributed by atoms with van der Waals surface area (Å²) in [5.41, 5.74) is 0. The summed E-state index contributed by atoms with van der Waals surface area (Å²) in [6, 6.07) is 0.189. The van der Waals surface area contributed by atoms with Crippen LogP contribution in [0.1, 0.15) is 26.2 Å². The molecule has 1 saturated carbocycles. The topological polar surface area (TPSA) is 61.4 Å². The van der Waals surface area contributed by atoms with Crippen molar-refractivity contribution in [3.63, 3.8) is 0 Å². The van der Waals surface area contributed by atoms with Crippen LogP contribution in [0.4, 0.5) is 0 Å². The van der Waals surface area contributed by atoms with Gasteiger partial charge in [-0.05, 0) is 18.8 Å². The van der Waals surface area contributed by atoms with E-state index in [9.17, 15) is 9.59 Å². The number of hydrogen-bond acceptors (Lipinski definition) is 3. The quantitative estimate of drug-likeness (QED) is 0.619. The molecule has 2 unspecified atom stereocenters. The lowest BCUT2D eigenvalue weighted by molar-refractivity contribution is -0.146. The predicted octanol–water partition coefficient (Wildman–Crippen LogP) is -0.277. The van der Waals surface area contributed by atoms with E-state index in [-0.39, 0.29) is 11.9 Å². The van der Waals surface area contributed by atoms with Crippen LogP contribution < -0.4 is 10.6 Å². The number of nitrogens with one attached hydrogen (secondary N) is 2. The maximum absolute atomic E-state index is 11.9. The molecule has 2 atom stereocenters. The van der Waals surface area contributed by atoms with E-state index in [1.54, 1.807) is 4.90 Å². The van der Waals surface area contributed by atoms with Crippen molar-refractivity contribution in [3.8, 4) is 0 Å². The van der Waals surface area contributed by atoms with E-state index in [0.717, 1.165) is 32.4 Å². The number of carbonyl (C=O) groups is 2. The van der Waals surface area contributed by atoms with Crippen molar-refractivity contribution < 1.29 is 9.59 Å². The summed E-state index contributed by atoms with van der Waals surface area (Å²) in [5.74, 6) is -0.300. The Morgan fingerprint density at radius 2 is 1.94 bits per heavy atom. The minimum atomic E-state index is -0.425. The van der Waals surface area contributed by atoms with Gasteiger partial charge in [-0.3, -0.25) is 9.59 Å². The van der Waals surface area contributed by atoms with Crippen LogP contribution in [0.25, 0.3) is 0 Å². The van der Waals surface area contributed by atoms with Gasteiger partial charge >= 0.3 is 11.8 Å². The molecule has 1 heterocycles. The molecule has 1 aliphatic heterocycles. The molecule has 1 saturated heterocycles. The normalized spacial score (nSPS) is 29.1. The zero-order chi connectivity index (χ0) is 12.3. The molecule has 0 aromatic rings. The van der Waals surface area contributed by atoms with E-state index in [2.05, 4.69) is 17.6 Å². The maximum Gasteiger partial charge on any atom is 0.311 e. The third kappa shape index (κ3) is 2.97. The second kappa shape index (κ2) is 5.49. The molecule has 17 heavy (non-hydrogen) atoms. The molecular weight excluding hydrogens is 218 g/mol. The SMILES string of the molecule is CC1CCCC1NC(=O)C(=O)N1CCNCC1. The van der Waals surface area contributed by atoms with Gasteiger partial charge in [0.15, 0.2) is 0 Å². The van der Waals surface area contributed by atoms with Crippen molar-refractivity contribution in [3.05, 3.63) is 0 Å². The predicted molar refractivity (Wildman–Crippen MR) is 64.4 cm³/mol. The van der Waals surface area contributed by atoms with Gasteiger partial charge in [-0.25, -0.2) is 0 Å². The summed E-state index contributed by atoms with van der Waals surface area (Å²) in [4.78, 5) is 25.3. The van der Waals surface area contributed by atoms with E-state index in [0.29, 0.717) is 19.0 Å². The zero-order valence-corrected chi connectivity index (χ0v) is 10.4. The molecule has 0 aromatic heterocycles. The van der Waals surface area contributed by atoms with Gasteiger partial charge in [0.1, 0.15) is 0 Å². The molecule has 2 amide bonds. The first-order valence-electron chi connectivity index (χ1n) is 6.49. The summed E-state index contributed by atoms with van der Waals surface area (Å²) < 4.78 is 0. The molecule has 5 nitrogen and oxygen atoms in total. The Kier molecular flexibility index (Phi) is 3.99. The van der Waals surface area contributed by atoms with Crippen LogP contribution in [0.15, 0.2) is 0 Å². The molecule has 0 spiro atoms. The average Bonchev–Trinajstić information content (AvgIpc) is 2.75. The fourth-order valence-electron chi connectivity index (χ4n) is 2.60. The number of hydrogen-bond donors (Lipinski definition) is 2. The van der Waals surface area contributed by atoms with Crippen LogP contribution in [0.5, 0.6) is 0 Å². The van der Waals surface area contributed by atoms with Crippen LogP contribution in [-0.4, -0.2) is 48.9 Å². The Bertz CT molecular complexity index is 300. The molecule has 0 aromatic carbocycles. The fourth-order valence-corrected chi connectivity index (χ4v) is 2.60. The largest absolute Gasteiger partial charge is 0.345 e. The van der Waals surface area contributed by atoms with Gasteiger partial charge in [0.25, 0.3) is 0 Å². The highest BCUT2D eigenvalue weighted by molar-refractivity contribution is 6.35. The van der Waals surface area contributed by atoms with E-state index < -0.39 is 5.91 Å². The Hall–Kier alpha value is -1.10. The number of piperazine rings is 1. The number of rotatable bonds is 1. The number of carbonyl (C=O) groups excluding carboxylic acids is 2. The first kappa shape index (κ1) is 12.4. The van der Waals surface area contributed by atoms with Gasteiger partial charge in [-0.15, -0.1) is 0 Å². The van der Waals surface area contributed by atoms with Crippen molar-refractivity contribution in [2.24, 2.45) is 5.92 Å². The summed E-state index contributed by atoms with van der Waals surface area (Å²) in [5, 5.41) is 6.04. The van der Waals surface area contributed by atoms with Crippen LogP contribution in [0.2, 0.25) is 0 Å². The van der Waals surface area contributed by atoms with Crippen molar-refractivity contribution >= 4 is 11.8 Å². The molecule has 1 aliphatic carbocycles. The second-order valence-corrected chi connectivity index (χ2v) is 5.03. The van der Waals surface area contributed by atoms with Gasteiger partial charge in [0.2, 0.25) is 0 Å². The Morgan fingerprint density at radius 1 is 1.24 bits per heavy atom. The van der Waals surface area contributed by atoms with Crippen molar-refractivity contribution in [1.82, 2.24) is 15.5 Å². The molecule has 96 valence electrons. The standard InChI is InChI=1S/C12H21N3O2/c1-9-3-2-4-10(9)14-11(16)12(17)15-7-5-13-6-8-15/h9-10,13H,2-8H2,1H3,(H,14,16). The number of amides is 2.